The Labute approximate surface area is 109 Å². The van der Waals surface area contributed by atoms with Crippen LogP contribution in [0.5, 0.6) is 0 Å². The molecule has 0 bridgehead atoms. The number of amidine groups is 1. The molecule has 7 heteroatoms. The molecule has 0 spiro atoms. The molecule has 0 saturated heterocycles. The Hall–Kier alpha value is -2.18. The van der Waals surface area contributed by atoms with Gasteiger partial charge >= 0.3 is 0 Å². The highest BCUT2D eigenvalue weighted by Crippen LogP contribution is 2.11. The Morgan fingerprint density at radius 1 is 1.42 bits per heavy atom. The van der Waals surface area contributed by atoms with Gasteiger partial charge in [0.2, 0.25) is 0 Å². The van der Waals surface area contributed by atoms with E-state index >= 15 is 0 Å². The van der Waals surface area contributed by atoms with Crippen LogP contribution in [-0.4, -0.2) is 23.0 Å². The van der Waals surface area contributed by atoms with Crippen molar-refractivity contribution in [1.82, 2.24) is 5.32 Å². The summed E-state index contributed by atoms with van der Waals surface area (Å²) in [5.74, 6) is -2.86. The highest BCUT2D eigenvalue weighted by atomic mass is 19.1. The number of nitrogens with zero attached hydrogens (tertiary/aromatic N) is 1. The summed E-state index contributed by atoms with van der Waals surface area (Å²) < 4.78 is 26.2. The Kier molecular flexibility index (Phi) is 4.80. The van der Waals surface area contributed by atoms with Gasteiger partial charge in [-0.25, -0.2) is 8.78 Å². The second-order valence-corrected chi connectivity index (χ2v) is 4.34. The van der Waals surface area contributed by atoms with E-state index in [4.69, 9.17) is 10.9 Å². The van der Waals surface area contributed by atoms with Crippen molar-refractivity contribution < 1.29 is 18.8 Å². The van der Waals surface area contributed by atoms with E-state index in [1.807, 2.05) is 0 Å². The molecule has 104 valence electrons. The first kappa shape index (κ1) is 14.9. The standard InChI is InChI=1S/C12H15F2N3O2/c1-6(2)10(11(15)17-19)16-12(18)8-4-3-7(13)5-9(8)14/h3-6,10,19H,1-2H3,(H2,15,17)(H,16,18). The van der Waals surface area contributed by atoms with Gasteiger partial charge in [0.25, 0.3) is 5.91 Å². The monoisotopic (exact) mass is 271 g/mol. The lowest BCUT2D eigenvalue weighted by atomic mass is 10.0. The smallest absolute Gasteiger partial charge is 0.254 e. The van der Waals surface area contributed by atoms with Gasteiger partial charge < -0.3 is 16.3 Å². The fraction of sp³-hybridized carbons (Fsp3) is 0.333. The summed E-state index contributed by atoms with van der Waals surface area (Å²) in [7, 11) is 0. The summed E-state index contributed by atoms with van der Waals surface area (Å²) in [6, 6.07) is 1.88. The van der Waals surface area contributed by atoms with Gasteiger partial charge in [0, 0.05) is 6.07 Å². The normalized spacial score (nSPS) is 13.4. The quantitative estimate of drug-likeness (QED) is 0.335. The van der Waals surface area contributed by atoms with Crippen molar-refractivity contribution in [2.24, 2.45) is 16.8 Å². The Morgan fingerprint density at radius 2 is 2.05 bits per heavy atom. The minimum absolute atomic E-state index is 0.164. The molecule has 0 aromatic heterocycles. The van der Waals surface area contributed by atoms with Gasteiger partial charge in [0.05, 0.1) is 11.6 Å². The summed E-state index contributed by atoms with van der Waals surface area (Å²) in [6.45, 7) is 3.48. The molecule has 0 fully saturated rings. The number of rotatable bonds is 4. The van der Waals surface area contributed by atoms with Gasteiger partial charge in [-0.05, 0) is 18.1 Å². The molecule has 0 aliphatic carbocycles. The first-order valence-electron chi connectivity index (χ1n) is 5.60. The van der Waals surface area contributed by atoms with Crippen LogP contribution in [0.25, 0.3) is 0 Å². The molecule has 1 aromatic carbocycles. The van der Waals surface area contributed by atoms with Crippen LogP contribution in [0.3, 0.4) is 0 Å². The molecule has 4 N–H and O–H groups in total. The maximum Gasteiger partial charge on any atom is 0.254 e. The number of carbonyl (C=O) groups is 1. The number of hydrogen-bond donors (Lipinski definition) is 3. The Bertz CT molecular complexity index is 504. The van der Waals surface area contributed by atoms with E-state index < -0.39 is 23.6 Å². The number of oxime groups is 1. The minimum Gasteiger partial charge on any atom is -0.409 e. The topological polar surface area (TPSA) is 87.7 Å². The van der Waals surface area contributed by atoms with E-state index in [1.54, 1.807) is 13.8 Å². The van der Waals surface area contributed by atoms with Gasteiger partial charge in [-0.15, -0.1) is 0 Å². The fourth-order valence-corrected chi connectivity index (χ4v) is 1.54. The van der Waals surface area contributed by atoms with Crippen LogP contribution >= 0.6 is 0 Å². The third-order valence-electron chi connectivity index (χ3n) is 2.56. The molecule has 0 saturated carbocycles. The van der Waals surface area contributed by atoms with E-state index in [9.17, 15) is 13.6 Å². The summed E-state index contributed by atoms with van der Waals surface area (Å²) >= 11 is 0. The molecule has 1 atom stereocenters. The minimum atomic E-state index is -0.973. The lowest BCUT2D eigenvalue weighted by molar-refractivity contribution is 0.0934. The summed E-state index contributed by atoms with van der Waals surface area (Å²) in [5, 5.41) is 13.9. The van der Waals surface area contributed by atoms with Crippen molar-refractivity contribution in [3.05, 3.63) is 35.4 Å². The molecular formula is C12H15F2N3O2. The number of nitrogens with one attached hydrogen (secondary N) is 1. The van der Waals surface area contributed by atoms with Gasteiger partial charge in [0.1, 0.15) is 11.6 Å². The van der Waals surface area contributed by atoms with Crippen molar-refractivity contribution in [2.45, 2.75) is 19.9 Å². The average molecular weight is 271 g/mol. The van der Waals surface area contributed by atoms with E-state index in [2.05, 4.69) is 10.5 Å². The lowest BCUT2D eigenvalue weighted by Crippen LogP contribution is -2.48. The number of nitrogens with two attached hydrogens (primary N) is 1. The number of benzene rings is 1. The molecule has 0 aliphatic rings. The van der Waals surface area contributed by atoms with Crippen molar-refractivity contribution in [3.8, 4) is 0 Å². The Balaban J connectivity index is 2.94. The number of halogens is 2. The molecular weight excluding hydrogens is 256 g/mol. The first-order chi connectivity index (χ1) is 8.86. The van der Waals surface area contributed by atoms with Crippen molar-refractivity contribution >= 4 is 11.7 Å². The van der Waals surface area contributed by atoms with E-state index in [-0.39, 0.29) is 17.3 Å². The van der Waals surface area contributed by atoms with Crippen LogP contribution in [0.15, 0.2) is 23.4 Å². The van der Waals surface area contributed by atoms with Crippen molar-refractivity contribution in [2.75, 3.05) is 0 Å². The molecule has 1 unspecified atom stereocenters. The van der Waals surface area contributed by atoms with Crippen LogP contribution in [0.1, 0.15) is 24.2 Å². The van der Waals surface area contributed by atoms with Gasteiger partial charge in [-0.3, -0.25) is 4.79 Å². The van der Waals surface area contributed by atoms with Crippen molar-refractivity contribution in [1.29, 1.82) is 0 Å². The lowest BCUT2D eigenvalue weighted by Gasteiger charge is -2.21. The average Bonchev–Trinajstić information content (AvgIpc) is 2.34. The SMILES string of the molecule is CC(C)C(NC(=O)c1ccc(F)cc1F)C(N)=NO. The second-order valence-electron chi connectivity index (χ2n) is 4.34. The molecule has 0 heterocycles. The summed E-state index contributed by atoms with van der Waals surface area (Å²) in [4.78, 5) is 11.8. The van der Waals surface area contributed by atoms with Crippen LogP contribution < -0.4 is 11.1 Å². The van der Waals surface area contributed by atoms with Gasteiger partial charge in [-0.1, -0.05) is 19.0 Å². The van der Waals surface area contributed by atoms with Gasteiger partial charge in [-0.2, -0.15) is 0 Å². The van der Waals surface area contributed by atoms with E-state index in [0.29, 0.717) is 6.07 Å². The molecule has 0 radical (unpaired) electrons. The highest BCUT2D eigenvalue weighted by molar-refractivity contribution is 5.98. The summed E-state index contributed by atoms with van der Waals surface area (Å²) in [5.41, 5.74) is 5.13. The molecule has 1 amide bonds. The van der Waals surface area contributed by atoms with Gasteiger partial charge in [0.15, 0.2) is 5.84 Å². The third-order valence-corrected chi connectivity index (χ3v) is 2.56. The number of hydrogen-bond acceptors (Lipinski definition) is 3. The van der Waals surface area contributed by atoms with E-state index in [0.717, 1.165) is 12.1 Å². The van der Waals surface area contributed by atoms with Crippen LogP contribution in [0, 0.1) is 17.6 Å². The van der Waals surface area contributed by atoms with Crippen LogP contribution in [0.2, 0.25) is 0 Å². The molecule has 1 rings (SSSR count). The van der Waals surface area contributed by atoms with E-state index in [1.165, 1.54) is 0 Å². The molecule has 1 aromatic rings. The third kappa shape index (κ3) is 3.64. The number of carbonyl (C=O) groups excluding carboxylic acids is 1. The van der Waals surface area contributed by atoms with Crippen LogP contribution in [-0.2, 0) is 0 Å². The zero-order valence-corrected chi connectivity index (χ0v) is 10.5. The molecule has 19 heavy (non-hydrogen) atoms. The fourth-order valence-electron chi connectivity index (χ4n) is 1.54. The first-order valence-corrected chi connectivity index (χ1v) is 5.60. The molecule has 5 nitrogen and oxygen atoms in total. The van der Waals surface area contributed by atoms with Crippen LogP contribution in [0.4, 0.5) is 8.78 Å². The largest absolute Gasteiger partial charge is 0.409 e. The second kappa shape index (κ2) is 6.12. The maximum absolute atomic E-state index is 13.4. The predicted octanol–water partition coefficient (Wildman–Crippen LogP) is 1.47. The Morgan fingerprint density at radius 3 is 2.53 bits per heavy atom. The zero-order chi connectivity index (χ0) is 14.6. The maximum atomic E-state index is 13.4. The molecule has 0 aliphatic heterocycles. The van der Waals surface area contributed by atoms with Crippen molar-refractivity contribution in [3.63, 3.8) is 0 Å². The predicted molar refractivity (Wildman–Crippen MR) is 65.9 cm³/mol. The highest BCUT2D eigenvalue weighted by Gasteiger charge is 2.22. The summed E-state index contributed by atoms with van der Waals surface area (Å²) in [6.07, 6.45) is 0. The zero-order valence-electron chi connectivity index (χ0n) is 10.5. The number of amides is 1.